The van der Waals surface area contributed by atoms with Crippen LogP contribution in [0.4, 0.5) is 0 Å². The zero-order valence-corrected chi connectivity index (χ0v) is 10.6. The monoisotopic (exact) mass is 235 g/mol. The molecule has 1 aromatic rings. The number of nitrogens with one attached hydrogen (secondary N) is 1. The van der Waals surface area contributed by atoms with Crippen LogP contribution in [0.1, 0.15) is 31.9 Å². The predicted molar refractivity (Wildman–Crippen MR) is 68.0 cm³/mol. The number of hydrogen-bond donors (Lipinski definition) is 1. The van der Waals surface area contributed by atoms with E-state index in [0.29, 0.717) is 6.04 Å². The molecule has 1 aliphatic carbocycles. The molecule has 1 N–H and O–H groups in total. The van der Waals surface area contributed by atoms with Gasteiger partial charge in [-0.1, -0.05) is 6.92 Å². The van der Waals surface area contributed by atoms with Crippen molar-refractivity contribution in [1.82, 2.24) is 14.9 Å². The molecule has 1 fully saturated rings. The zero-order valence-electron chi connectivity index (χ0n) is 10.6. The lowest BCUT2D eigenvalue weighted by Crippen LogP contribution is -2.39. The van der Waals surface area contributed by atoms with E-state index in [1.807, 2.05) is 19.2 Å². The minimum absolute atomic E-state index is 0.131. The molecular weight excluding hydrogens is 214 g/mol. The Labute approximate surface area is 102 Å². The maximum absolute atomic E-state index is 11.7. The van der Waals surface area contributed by atoms with Crippen molar-refractivity contribution in [3.8, 4) is 0 Å². The molecule has 1 unspecified atom stereocenters. The molecule has 94 valence electrons. The minimum atomic E-state index is -0.131. The lowest BCUT2D eigenvalue weighted by molar-refractivity contribution is 0.399. The lowest BCUT2D eigenvalue weighted by Gasteiger charge is -2.18. The lowest BCUT2D eigenvalue weighted by atomic mass is 10.2. The van der Waals surface area contributed by atoms with Gasteiger partial charge in [-0.2, -0.15) is 4.98 Å². The fraction of sp³-hybridized carbons (Fsp3) is 0.692. The molecule has 1 saturated carbocycles. The van der Waals surface area contributed by atoms with Gasteiger partial charge in [0.25, 0.3) is 0 Å². The average molecular weight is 235 g/mol. The summed E-state index contributed by atoms with van der Waals surface area (Å²) in [5, 5.41) is 3.53. The summed E-state index contributed by atoms with van der Waals surface area (Å²) in [6.45, 7) is 5.78. The fourth-order valence-electron chi connectivity index (χ4n) is 2.07. The molecule has 0 aromatic carbocycles. The van der Waals surface area contributed by atoms with Crippen molar-refractivity contribution in [2.45, 2.75) is 45.7 Å². The van der Waals surface area contributed by atoms with Gasteiger partial charge in [0.15, 0.2) is 0 Å². The van der Waals surface area contributed by atoms with Crippen LogP contribution in [0.2, 0.25) is 0 Å². The maximum Gasteiger partial charge on any atom is 0.347 e. The normalized spacial score (nSPS) is 17.1. The van der Waals surface area contributed by atoms with Crippen LogP contribution in [0.25, 0.3) is 0 Å². The minimum Gasteiger partial charge on any atom is -0.312 e. The Morgan fingerprint density at radius 1 is 1.59 bits per heavy atom. The largest absolute Gasteiger partial charge is 0.347 e. The Bertz CT molecular complexity index is 423. The topological polar surface area (TPSA) is 46.9 Å². The first-order valence-electron chi connectivity index (χ1n) is 6.48. The highest BCUT2D eigenvalue weighted by molar-refractivity contribution is 4.97. The maximum atomic E-state index is 11.7. The molecule has 2 rings (SSSR count). The standard InChI is InChI=1S/C13H21N3O/c1-3-7-14-12(11-4-5-11)9-16-8-6-10(2)15-13(16)17/h6,8,11-12,14H,3-5,7,9H2,1-2H3. The fourth-order valence-corrected chi connectivity index (χ4v) is 2.07. The van der Waals surface area contributed by atoms with Crippen molar-refractivity contribution < 1.29 is 0 Å². The van der Waals surface area contributed by atoms with Crippen LogP contribution in [-0.2, 0) is 6.54 Å². The van der Waals surface area contributed by atoms with E-state index >= 15 is 0 Å². The second-order valence-corrected chi connectivity index (χ2v) is 4.90. The van der Waals surface area contributed by atoms with Crippen molar-refractivity contribution in [2.24, 2.45) is 5.92 Å². The SMILES string of the molecule is CCCNC(Cn1ccc(C)nc1=O)C1CC1. The highest BCUT2D eigenvalue weighted by atomic mass is 16.1. The highest BCUT2D eigenvalue weighted by Gasteiger charge is 2.30. The summed E-state index contributed by atoms with van der Waals surface area (Å²) >= 11 is 0. The zero-order chi connectivity index (χ0) is 12.3. The summed E-state index contributed by atoms with van der Waals surface area (Å²) in [6, 6.07) is 2.32. The average Bonchev–Trinajstić information content (AvgIpc) is 3.11. The van der Waals surface area contributed by atoms with Gasteiger partial charge in [0.05, 0.1) is 0 Å². The first-order chi connectivity index (χ1) is 8.20. The summed E-state index contributed by atoms with van der Waals surface area (Å²) in [4.78, 5) is 15.7. The third-order valence-corrected chi connectivity index (χ3v) is 3.25. The molecule has 0 amide bonds. The van der Waals surface area contributed by atoms with Gasteiger partial charge in [-0.3, -0.25) is 4.57 Å². The molecule has 0 spiro atoms. The van der Waals surface area contributed by atoms with E-state index in [1.165, 1.54) is 12.8 Å². The van der Waals surface area contributed by atoms with Crippen LogP contribution in [0, 0.1) is 12.8 Å². The Balaban J connectivity index is 2.03. The van der Waals surface area contributed by atoms with Gasteiger partial charge in [-0.05, 0) is 44.7 Å². The van der Waals surface area contributed by atoms with Gasteiger partial charge in [-0.25, -0.2) is 4.79 Å². The molecule has 1 aromatic heterocycles. The summed E-state index contributed by atoms with van der Waals surface area (Å²) in [6.07, 6.45) is 5.56. The Hall–Kier alpha value is -1.16. The molecule has 0 bridgehead atoms. The van der Waals surface area contributed by atoms with Crippen LogP contribution < -0.4 is 11.0 Å². The van der Waals surface area contributed by atoms with E-state index in [2.05, 4.69) is 17.2 Å². The Morgan fingerprint density at radius 3 is 2.94 bits per heavy atom. The number of aryl methyl sites for hydroxylation is 1. The number of aromatic nitrogens is 2. The van der Waals surface area contributed by atoms with Crippen molar-refractivity contribution in [3.63, 3.8) is 0 Å². The van der Waals surface area contributed by atoms with Crippen molar-refractivity contribution in [2.75, 3.05) is 6.54 Å². The molecule has 1 heterocycles. The van der Waals surface area contributed by atoms with Gasteiger partial charge < -0.3 is 5.32 Å². The predicted octanol–water partition coefficient (Wildman–Crippen LogP) is 1.33. The van der Waals surface area contributed by atoms with Crippen LogP contribution in [0.5, 0.6) is 0 Å². The quantitative estimate of drug-likeness (QED) is 0.809. The van der Waals surface area contributed by atoms with Crippen LogP contribution in [0.3, 0.4) is 0 Å². The van der Waals surface area contributed by atoms with E-state index in [9.17, 15) is 4.79 Å². The third-order valence-electron chi connectivity index (χ3n) is 3.25. The summed E-state index contributed by atoms with van der Waals surface area (Å²) in [5.41, 5.74) is 0.657. The smallest absolute Gasteiger partial charge is 0.312 e. The third kappa shape index (κ3) is 3.40. The number of hydrogen-bond acceptors (Lipinski definition) is 3. The molecule has 0 saturated heterocycles. The Kier molecular flexibility index (Phi) is 3.94. The van der Waals surface area contributed by atoms with Crippen LogP contribution >= 0.6 is 0 Å². The molecular formula is C13H21N3O. The van der Waals surface area contributed by atoms with Crippen molar-refractivity contribution >= 4 is 0 Å². The first kappa shape index (κ1) is 12.3. The van der Waals surface area contributed by atoms with Gasteiger partial charge in [0, 0.05) is 24.5 Å². The van der Waals surface area contributed by atoms with Crippen molar-refractivity contribution in [1.29, 1.82) is 0 Å². The number of rotatable bonds is 6. The summed E-state index contributed by atoms with van der Waals surface area (Å²) in [7, 11) is 0. The second-order valence-electron chi connectivity index (χ2n) is 4.90. The Morgan fingerprint density at radius 2 is 2.35 bits per heavy atom. The second kappa shape index (κ2) is 5.45. The van der Waals surface area contributed by atoms with E-state index in [1.54, 1.807) is 4.57 Å². The van der Waals surface area contributed by atoms with Crippen molar-refractivity contribution in [3.05, 3.63) is 28.4 Å². The summed E-state index contributed by atoms with van der Waals surface area (Å²) in [5.74, 6) is 0.745. The first-order valence-corrected chi connectivity index (χ1v) is 6.48. The molecule has 1 atom stereocenters. The molecule has 0 radical (unpaired) electrons. The van der Waals surface area contributed by atoms with E-state index in [-0.39, 0.29) is 5.69 Å². The summed E-state index contributed by atoms with van der Waals surface area (Å²) < 4.78 is 1.72. The van der Waals surface area contributed by atoms with Crippen LogP contribution in [0.15, 0.2) is 17.1 Å². The molecule has 1 aliphatic rings. The molecule has 4 heteroatoms. The van der Waals surface area contributed by atoms with E-state index in [4.69, 9.17) is 0 Å². The van der Waals surface area contributed by atoms with E-state index < -0.39 is 0 Å². The number of nitrogens with zero attached hydrogens (tertiary/aromatic N) is 2. The van der Waals surface area contributed by atoms with Crippen LogP contribution in [-0.4, -0.2) is 22.1 Å². The highest BCUT2D eigenvalue weighted by Crippen LogP contribution is 2.33. The van der Waals surface area contributed by atoms with E-state index in [0.717, 1.165) is 31.1 Å². The van der Waals surface area contributed by atoms with Gasteiger partial charge in [-0.15, -0.1) is 0 Å². The van der Waals surface area contributed by atoms with Gasteiger partial charge >= 0.3 is 5.69 Å². The van der Waals surface area contributed by atoms with Gasteiger partial charge in [0.2, 0.25) is 0 Å². The van der Waals surface area contributed by atoms with Gasteiger partial charge in [0.1, 0.15) is 0 Å². The molecule has 0 aliphatic heterocycles. The molecule has 17 heavy (non-hydrogen) atoms. The molecule has 4 nitrogen and oxygen atoms in total.